The third-order valence-electron chi connectivity index (χ3n) is 6.23. The molecule has 4 aliphatic rings. The number of hydrogen-bond donors (Lipinski definition) is 1. The number of aliphatic imine (C=N–C) groups is 1. The van der Waals surface area contributed by atoms with E-state index in [-0.39, 0.29) is 50.1 Å². The Hall–Kier alpha value is -2.45. The summed E-state index contributed by atoms with van der Waals surface area (Å²) < 4.78 is 29.0. The highest BCUT2D eigenvalue weighted by molar-refractivity contribution is 5.79. The first-order valence-electron chi connectivity index (χ1n) is 9.96. The Morgan fingerprint density at radius 2 is 2.04 bits per heavy atom. The second kappa shape index (κ2) is 6.56. The lowest BCUT2D eigenvalue weighted by molar-refractivity contribution is -0.0495. The minimum Gasteiger partial charge on any atom is -0.368 e. The van der Waals surface area contributed by atoms with E-state index >= 15 is 0 Å². The average Bonchev–Trinajstić information content (AvgIpc) is 3.33. The standard InChI is InChI=1S/C19H24F2N6O/c20-19(21)4-8-25(9-5-19)18(28)26-7-1-2-13(12-26)17-24-11-14-10-23-16-15(27(14)17)3-6-22-16/h3,6,10-11,13,15-16,22H,1-2,4-5,7-9,12H2/t13-,15?,16?/m1/s1. The van der Waals surface area contributed by atoms with Gasteiger partial charge in [-0.15, -0.1) is 0 Å². The fourth-order valence-electron chi connectivity index (χ4n) is 4.67. The van der Waals surface area contributed by atoms with Crippen molar-refractivity contribution in [2.24, 2.45) is 4.99 Å². The Kier molecular flexibility index (Phi) is 4.13. The summed E-state index contributed by atoms with van der Waals surface area (Å²) in [5.41, 5.74) is 0.978. The van der Waals surface area contributed by atoms with E-state index in [9.17, 15) is 13.6 Å². The molecule has 0 aromatic carbocycles. The highest BCUT2D eigenvalue weighted by atomic mass is 19.3. The molecule has 0 bridgehead atoms. The van der Waals surface area contributed by atoms with Gasteiger partial charge in [0.15, 0.2) is 0 Å². The molecule has 1 N–H and O–H groups in total. The predicted molar refractivity (Wildman–Crippen MR) is 99.6 cm³/mol. The van der Waals surface area contributed by atoms with E-state index in [0.29, 0.717) is 13.1 Å². The van der Waals surface area contributed by atoms with Crippen LogP contribution in [-0.2, 0) is 0 Å². The van der Waals surface area contributed by atoms with E-state index < -0.39 is 5.92 Å². The normalized spacial score (nSPS) is 30.7. The number of likely N-dealkylation sites (tertiary alicyclic amines) is 2. The zero-order valence-electron chi connectivity index (χ0n) is 15.6. The Morgan fingerprint density at radius 1 is 1.21 bits per heavy atom. The number of carbonyl (C=O) groups excluding carboxylic acids is 1. The number of fused-ring (bicyclic) bond motifs is 3. The molecule has 0 spiro atoms. The van der Waals surface area contributed by atoms with Gasteiger partial charge in [-0.1, -0.05) is 0 Å². The maximum absolute atomic E-state index is 13.4. The lowest BCUT2D eigenvalue weighted by atomic mass is 9.96. The molecular weight excluding hydrogens is 366 g/mol. The minimum absolute atomic E-state index is 0.00297. The highest BCUT2D eigenvalue weighted by Crippen LogP contribution is 2.34. The third kappa shape index (κ3) is 2.97. The third-order valence-corrected chi connectivity index (χ3v) is 6.23. The highest BCUT2D eigenvalue weighted by Gasteiger charge is 2.39. The molecule has 5 heterocycles. The van der Waals surface area contributed by atoms with Gasteiger partial charge in [-0.2, -0.15) is 0 Å². The van der Waals surface area contributed by atoms with E-state index in [4.69, 9.17) is 0 Å². The van der Waals surface area contributed by atoms with Crippen molar-refractivity contribution in [1.29, 1.82) is 0 Å². The van der Waals surface area contributed by atoms with Crippen LogP contribution in [0.3, 0.4) is 0 Å². The van der Waals surface area contributed by atoms with Gasteiger partial charge >= 0.3 is 6.03 Å². The molecule has 2 fully saturated rings. The molecule has 2 unspecified atom stereocenters. The second-order valence-electron chi connectivity index (χ2n) is 8.06. The molecule has 1 aromatic heterocycles. The van der Waals surface area contributed by atoms with E-state index in [1.807, 2.05) is 23.5 Å². The molecule has 4 aliphatic heterocycles. The zero-order chi connectivity index (χ0) is 19.3. The molecule has 0 aliphatic carbocycles. The van der Waals surface area contributed by atoms with Crippen LogP contribution in [0.4, 0.5) is 13.6 Å². The number of nitrogens with zero attached hydrogens (tertiary/aromatic N) is 5. The number of piperidine rings is 2. The summed E-state index contributed by atoms with van der Waals surface area (Å²) in [6, 6.07) is -0.0135. The molecule has 2 saturated heterocycles. The molecule has 2 amide bonds. The Bertz CT molecular complexity index is 824. The Labute approximate surface area is 162 Å². The number of alkyl halides is 2. The van der Waals surface area contributed by atoms with Crippen molar-refractivity contribution in [3.05, 3.63) is 30.0 Å². The second-order valence-corrected chi connectivity index (χ2v) is 8.06. The summed E-state index contributed by atoms with van der Waals surface area (Å²) in [6.45, 7) is 1.50. The van der Waals surface area contributed by atoms with Gasteiger partial charge in [0.2, 0.25) is 0 Å². The summed E-state index contributed by atoms with van der Waals surface area (Å²) in [5.74, 6) is -1.53. The van der Waals surface area contributed by atoms with Crippen LogP contribution in [0.5, 0.6) is 0 Å². The SMILES string of the molecule is O=C(N1CCC(F)(F)CC1)N1CCC[C@@H](c2ncc3n2C2C=CNC2N=C3)C1. The fraction of sp³-hybridized carbons (Fsp3) is 0.632. The van der Waals surface area contributed by atoms with Crippen molar-refractivity contribution in [3.63, 3.8) is 0 Å². The minimum atomic E-state index is -2.64. The van der Waals surface area contributed by atoms with Crippen LogP contribution in [0.15, 0.2) is 23.5 Å². The molecule has 9 heteroatoms. The van der Waals surface area contributed by atoms with Crippen LogP contribution in [0.25, 0.3) is 0 Å². The number of amides is 2. The van der Waals surface area contributed by atoms with Gasteiger partial charge in [-0.25, -0.2) is 18.6 Å². The summed E-state index contributed by atoms with van der Waals surface area (Å²) in [6.07, 6.45) is 9.06. The maximum atomic E-state index is 13.4. The van der Waals surface area contributed by atoms with Crippen LogP contribution in [0, 0.1) is 0 Å². The molecule has 5 rings (SSSR count). The van der Waals surface area contributed by atoms with Crippen LogP contribution in [-0.4, -0.2) is 69.9 Å². The first kappa shape index (κ1) is 17.6. The predicted octanol–water partition coefficient (Wildman–Crippen LogP) is 2.33. The number of hydrogen-bond acceptors (Lipinski definition) is 4. The van der Waals surface area contributed by atoms with Crippen LogP contribution in [0.1, 0.15) is 49.2 Å². The molecule has 7 nitrogen and oxygen atoms in total. The van der Waals surface area contributed by atoms with E-state index in [1.165, 1.54) is 0 Å². The smallest absolute Gasteiger partial charge is 0.320 e. The largest absolute Gasteiger partial charge is 0.368 e. The monoisotopic (exact) mass is 390 g/mol. The van der Waals surface area contributed by atoms with Gasteiger partial charge in [0.05, 0.1) is 17.9 Å². The molecule has 3 atom stereocenters. The van der Waals surface area contributed by atoms with Crippen molar-refractivity contribution in [2.45, 2.75) is 49.7 Å². The molecule has 1 aromatic rings. The number of nitrogens with one attached hydrogen (secondary N) is 1. The van der Waals surface area contributed by atoms with Crippen molar-refractivity contribution in [1.82, 2.24) is 24.7 Å². The molecule has 0 saturated carbocycles. The fourth-order valence-corrected chi connectivity index (χ4v) is 4.67. The molecule has 150 valence electrons. The first-order chi connectivity index (χ1) is 13.5. The lowest BCUT2D eigenvalue weighted by Gasteiger charge is -2.39. The van der Waals surface area contributed by atoms with Crippen LogP contribution in [0.2, 0.25) is 0 Å². The first-order valence-corrected chi connectivity index (χ1v) is 9.96. The summed E-state index contributed by atoms with van der Waals surface area (Å²) >= 11 is 0. The van der Waals surface area contributed by atoms with E-state index in [1.54, 1.807) is 4.90 Å². The maximum Gasteiger partial charge on any atom is 0.320 e. The molecule has 28 heavy (non-hydrogen) atoms. The van der Waals surface area contributed by atoms with Crippen molar-refractivity contribution in [3.8, 4) is 0 Å². The quantitative estimate of drug-likeness (QED) is 0.801. The van der Waals surface area contributed by atoms with E-state index in [2.05, 4.69) is 25.9 Å². The van der Waals surface area contributed by atoms with Gasteiger partial charge in [0.25, 0.3) is 5.92 Å². The molecular formula is C19H24F2N6O. The van der Waals surface area contributed by atoms with Crippen LogP contribution >= 0.6 is 0 Å². The summed E-state index contributed by atoms with van der Waals surface area (Å²) in [5, 5.41) is 3.24. The topological polar surface area (TPSA) is 65.8 Å². The average molecular weight is 390 g/mol. The van der Waals surface area contributed by atoms with Crippen molar-refractivity contribution < 1.29 is 13.6 Å². The number of halogens is 2. The van der Waals surface area contributed by atoms with Gasteiger partial charge in [0, 0.05) is 51.2 Å². The van der Waals surface area contributed by atoms with Crippen LogP contribution < -0.4 is 5.32 Å². The summed E-state index contributed by atoms with van der Waals surface area (Å²) in [4.78, 5) is 25.5. The molecule has 0 radical (unpaired) electrons. The number of imidazole rings is 1. The number of carbonyl (C=O) groups is 1. The zero-order valence-corrected chi connectivity index (χ0v) is 15.6. The van der Waals surface area contributed by atoms with E-state index in [0.717, 1.165) is 24.4 Å². The number of urea groups is 1. The van der Waals surface area contributed by atoms with Gasteiger partial charge in [0.1, 0.15) is 12.0 Å². The Balaban J connectivity index is 1.32. The van der Waals surface area contributed by atoms with Gasteiger partial charge < -0.3 is 19.7 Å². The summed E-state index contributed by atoms with van der Waals surface area (Å²) in [7, 11) is 0. The van der Waals surface area contributed by atoms with Gasteiger partial charge in [-0.3, -0.25) is 4.99 Å². The van der Waals surface area contributed by atoms with Gasteiger partial charge in [-0.05, 0) is 25.1 Å². The number of rotatable bonds is 1. The number of aromatic nitrogens is 2. The van der Waals surface area contributed by atoms with Crippen molar-refractivity contribution in [2.75, 3.05) is 26.2 Å². The van der Waals surface area contributed by atoms with Crippen molar-refractivity contribution >= 4 is 12.2 Å². The lowest BCUT2D eigenvalue weighted by Crippen LogP contribution is -2.51. The Morgan fingerprint density at radius 3 is 2.86 bits per heavy atom.